The minimum Gasteiger partial charge on any atom is -0.350 e. The molecule has 16 heavy (non-hydrogen) atoms. The Morgan fingerprint density at radius 2 is 1.88 bits per heavy atom. The van der Waals surface area contributed by atoms with Gasteiger partial charge >= 0.3 is 0 Å². The Kier molecular flexibility index (Phi) is 6.18. The Balaban J connectivity index is 4.38. The standard InChI is InChI=1S/C11H24N2O2S/c1-8(6-7-12)16(15)9(2)10(14)13-11(3,4)5/h8-9H,6-7,12H2,1-5H3,(H,13,14). The van der Waals surface area contributed by atoms with Crippen molar-refractivity contribution in [3.8, 4) is 0 Å². The van der Waals surface area contributed by atoms with E-state index in [0.717, 1.165) is 0 Å². The van der Waals surface area contributed by atoms with E-state index >= 15 is 0 Å². The van der Waals surface area contributed by atoms with Crippen molar-refractivity contribution in [3.63, 3.8) is 0 Å². The lowest BCUT2D eigenvalue weighted by Gasteiger charge is -2.24. The molecular weight excluding hydrogens is 224 g/mol. The fourth-order valence-electron chi connectivity index (χ4n) is 1.28. The highest BCUT2D eigenvalue weighted by atomic mass is 32.2. The molecule has 0 heterocycles. The monoisotopic (exact) mass is 248 g/mol. The van der Waals surface area contributed by atoms with Gasteiger partial charge in [-0.1, -0.05) is 6.92 Å². The van der Waals surface area contributed by atoms with Crippen molar-refractivity contribution in [1.82, 2.24) is 5.32 Å². The number of amides is 1. The van der Waals surface area contributed by atoms with Crippen LogP contribution in [-0.2, 0) is 15.6 Å². The molecule has 0 aliphatic heterocycles. The molecule has 0 rings (SSSR count). The van der Waals surface area contributed by atoms with Crippen LogP contribution in [0.15, 0.2) is 0 Å². The van der Waals surface area contributed by atoms with Crippen LogP contribution in [0.25, 0.3) is 0 Å². The topological polar surface area (TPSA) is 72.2 Å². The van der Waals surface area contributed by atoms with E-state index in [0.29, 0.717) is 13.0 Å². The summed E-state index contributed by atoms with van der Waals surface area (Å²) in [6.45, 7) is 9.78. The van der Waals surface area contributed by atoms with E-state index in [2.05, 4.69) is 5.32 Å². The highest BCUT2D eigenvalue weighted by Crippen LogP contribution is 2.09. The highest BCUT2D eigenvalue weighted by molar-refractivity contribution is 7.87. The number of nitrogens with one attached hydrogen (secondary N) is 1. The van der Waals surface area contributed by atoms with E-state index in [1.165, 1.54) is 0 Å². The van der Waals surface area contributed by atoms with Gasteiger partial charge in [-0.05, 0) is 40.7 Å². The highest BCUT2D eigenvalue weighted by Gasteiger charge is 2.26. The summed E-state index contributed by atoms with van der Waals surface area (Å²) in [5.74, 6) is -0.158. The van der Waals surface area contributed by atoms with Crippen LogP contribution in [0.1, 0.15) is 41.0 Å². The first kappa shape index (κ1) is 15.6. The van der Waals surface area contributed by atoms with Crippen molar-refractivity contribution in [3.05, 3.63) is 0 Å². The van der Waals surface area contributed by atoms with Crippen molar-refractivity contribution in [2.75, 3.05) is 6.54 Å². The molecule has 0 fully saturated rings. The SMILES string of the molecule is CC(CCN)S(=O)C(C)C(=O)NC(C)(C)C. The Labute approximate surface area is 101 Å². The summed E-state index contributed by atoms with van der Waals surface area (Å²) in [4.78, 5) is 11.8. The molecule has 0 radical (unpaired) electrons. The van der Waals surface area contributed by atoms with Crippen LogP contribution in [-0.4, -0.2) is 32.7 Å². The van der Waals surface area contributed by atoms with Gasteiger partial charge in [-0.15, -0.1) is 0 Å². The molecule has 3 atom stereocenters. The van der Waals surface area contributed by atoms with Crippen LogP contribution in [0.5, 0.6) is 0 Å². The van der Waals surface area contributed by atoms with E-state index in [1.54, 1.807) is 6.92 Å². The van der Waals surface area contributed by atoms with Crippen LogP contribution in [0.2, 0.25) is 0 Å². The molecule has 3 N–H and O–H groups in total. The van der Waals surface area contributed by atoms with Crippen molar-refractivity contribution in [2.45, 2.75) is 57.1 Å². The Morgan fingerprint density at radius 1 is 1.38 bits per heavy atom. The van der Waals surface area contributed by atoms with E-state index in [1.807, 2.05) is 27.7 Å². The van der Waals surface area contributed by atoms with Crippen molar-refractivity contribution >= 4 is 16.7 Å². The van der Waals surface area contributed by atoms with E-state index in [9.17, 15) is 9.00 Å². The Hall–Kier alpha value is -0.420. The van der Waals surface area contributed by atoms with Crippen LogP contribution in [0.3, 0.4) is 0 Å². The summed E-state index contributed by atoms with van der Waals surface area (Å²) in [7, 11) is -1.17. The van der Waals surface area contributed by atoms with Gasteiger partial charge in [-0.2, -0.15) is 0 Å². The van der Waals surface area contributed by atoms with Crippen LogP contribution in [0, 0.1) is 0 Å². The summed E-state index contributed by atoms with van der Waals surface area (Å²) in [6.07, 6.45) is 0.680. The largest absolute Gasteiger partial charge is 0.350 e. The second-order valence-corrected chi connectivity index (χ2v) is 7.27. The molecule has 96 valence electrons. The van der Waals surface area contributed by atoms with Crippen molar-refractivity contribution in [2.24, 2.45) is 5.73 Å². The number of hydrogen-bond acceptors (Lipinski definition) is 3. The summed E-state index contributed by atoms with van der Waals surface area (Å²) in [6, 6.07) is 0. The maximum absolute atomic E-state index is 12.0. The van der Waals surface area contributed by atoms with Gasteiger partial charge in [0.2, 0.25) is 5.91 Å². The lowest BCUT2D eigenvalue weighted by molar-refractivity contribution is -0.121. The molecule has 0 aromatic carbocycles. The third-order valence-corrected chi connectivity index (χ3v) is 4.13. The number of hydrogen-bond donors (Lipinski definition) is 2. The fraction of sp³-hybridized carbons (Fsp3) is 0.909. The van der Waals surface area contributed by atoms with Crippen molar-refractivity contribution < 1.29 is 9.00 Å². The van der Waals surface area contributed by atoms with Gasteiger partial charge in [-0.25, -0.2) is 0 Å². The average Bonchev–Trinajstić information content (AvgIpc) is 2.13. The first-order valence-electron chi connectivity index (χ1n) is 5.60. The smallest absolute Gasteiger partial charge is 0.235 e. The molecular formula is C11H24N2O2S. The molecule has 0 saturated carbocycles. The lowest BCUT2D eigenvalue weighted by atomic mass is 10.1. The van der Waals surface area contributed by atoms with Crippen molar-refractivity contribution in [1.29, 1.82) is 0 Å². The summed E-state index contributed by atoms with van der Waals surface area (Å²) >= 11 is 0. The molecule has 0 spiro atoms. The van der Waals surface area contributed by atoms with Crippen LogP contribution < -0.4 is 11.1 Å². The minimum atomic E-state index is -1.17. The summed E-state index contributed by atoms with van der Waals surface area (Å²) < 4.78 is 12.0. The number of rotatable bonds is 5. The van der Waals surface area contributed by atoms with Crippen LogP contribution in [0.4, 0.5) is 0 Å². The second kappa shape index (κ2) is 6.35. The maximum atomic E-state index is 12.0. The molecule has 5 heteroatoms. The van der Waals surface area contributed by atoms with E-state index < -0.39 is 16.0 Å². The molecule has 0 aliphatic rings. The predicted molar refractivity (Wildman–Crippen MR) is 68.6 cm³/mol. The normalized spacial score (nSPS) is 17.6. The summed E-state index contributed by atoms with van der Waals surface area (Å²) in [5, 5.41) is 2.31. The average molecular weight is 248 g/mol. The first-order chi connectivity index (χ1) is 7.19. The maximum Gasteiger partial charge on any atom is 0.235 e. The molecule has 0 saturated heterocycles. The first-order valence-corrected chi connectivity index (χ1v) is 6.88. The van der Waals surface area contributed by atoms with Gasteiger partial charge in [0.1, 0.15) is 5.25 Å². The lowest BCUT2D eigenvalue weighted by Crippen LogP contribution is -2.47. The minimum absolute atomic E-state index is 0.0364. The zero-order valence-corrected chi connectivity index (χ0v) is 11.7. The van der Waals surface area contributed by atoms with Gasteiger partial charge in [0.05, 0.1) is 0 Å². The zero-order valence-electron chi connectivity index (χ0n) is 10.9. The molecule has 0 bridgehead atoms. The molecule has 0 aromatic rings. The Bertz CT molecular complexity index is 261. The zero-order chi connectivity index (χ0) is 12.9. The third kappa shape index (κ3) is 5.61. The molecule has 4 nitrogen and oxygen atoms in total. The molecule has 0 aliphatic carbocycles. The van der Waals surface area contributed by atoms with Gasteiger partial charge in [0.25, 0.3) is 0 Å². The quantitative estimate of drug-likeness (QED) is 0.755. The van der Waals surface area contributed by atoms with Gasteiger partial charge in [0, 0.05) is 21.6 Å². The van der Waals surface area contributed by atoms with Gasteiger partial charge in [-0.3, -0.25) is 9.00 Å². The van der Waals surface area contributed by atoms with E-state index in [-0.39, 0.29) is 16.7 Å². The fourth-order valence-corrected chi connectivity index (χ4v) is 2.61. The molecule has 3 unspecified atom stereocenters. The third-order valence-electron chi connectivity index (χ3n) is 2.19. The predicted octanol–water partition coefficient (Wildman–Crippen LogP) is 0.776. The van der Waals surface area contributed by atoms with Gasteiger partial charge < -0.3 is 11.1 Å². The summed E-state index contributed by atoms with van der Waals surface area (Å²) in [5.41, 5.74) is 5.13. The number of nitrogens with two attached hydrogens (primary N) is 1. The van der Waals surface area contributed by atoms with Crippen LogP contribution >= 0.6 is 0 Å². The molecule has 1 amide bonds. The van der Waals surface area contributed by atoms with E-state index in [4.69, 9.17) is 5.73 Å². The van der Waals surface area contributed by atoms with Gasteiger partial charge in [0.15, 0.2) is 0 Å². The number of carbonyl (C=O) groups is 1. The number of carbonyl (C=O) groups excluding carboxylic acids is 1. The molecule has 0 aromatic heterocycles. The second-order valence-electron chi connectivity index (χ2n) is 5.10. The Morgan fingerprint density at radius 3 is 2.25 bits per heavy atom.